The van der Waals surface area contributed by atoms with Gasteiger partial charge in [0.05, 0.1) is 5.02 Å². The van der Waals surface area contributed by atoms with Gasteiger partial charge in [-0.1, -0.05) is 41.4 Å². The number of hydrogen-bond acceptors (Lipinski definition) is 3. The molecule has 2 aromatic carbocycles. The number of carbonyl (C=O) groups excluding carboxylic acids is 1. The van der Waals surface area contributed by atoms with Crippen molar-refractivity contribution in [2.75, 3.05) is 5.32 Å². The number of anilines is 1. The highest BCUT2D eigenvalue weighted by atomic mass is 35.5. The van der Waals surface area contributed by atoms with Crippen LogP contribution in [0.4, 0.5) is 5.69 Å². The van der Waals surface area contributed by atoms with Crippen molar-refractivity contribution in [2.24, 2.45) is 0 Å². The van der Waals surface area contributed by atoms with Crippen LogP contribution < -0.4 is 5.32 Å². The van der Waals surface area contributed by atoms with Gasteiger partial charge in [0.15, 0.2) is 0 Å². The second kappa shape index (κ2) is 8.13. The molecule has 0 aliphatic heterocycles. The monoisotopic (exact) mass is 396 g/mol. The highest BCUT2D eigenvalue weighted by molar-refractivity contribution is 6.36. The Labute approximate surface area is 166 Å². The van der Waals surface area contributed by atoms with Gasteiger partial charge in [0.25, 0.3) is 5.91 Å². The lowest BCUT2D eigenvalue weighted by atomic mass is 10.1. The number of halogens is 2. The van der Waals surface area contributed by atoms with E-state index in [2.05, 4.69) is 5.32 Å². The number of para-hydroxylation sites is 1. The maximum absolute atomic E-state index is 12.4. The number of benzene rings is 2. The van der Waals surface area contributed by atoms with Crippen molar-refractivity contribution >= 4 is 40.9 Å². The number of rotatable bonds is 4. The molecule has 3 rings (SSSR count). The Bertz CT molecular complexity index is 1080. The SMILES string of the molecule is Cc1ccccc1NC(=O)C(C#N)=Cc1ccc(-c2ccc(Cl)cc2Cl)o1. The van der Waals surface area contributed by atoms with Crippen molar-refractivity contribution in [3.8, 4) is 17.4 Å². The molecule has 1 heterocycles. The standard InChI is InChI=1S/C21H14Cl2N2O2/c1-13-4-2-3-5-19(13)25-21(26)14(12-24)10-16-7-9-20(27-16)17-8-6-15(22)11-18(17)23/h2-11H,1H3,(H,25,26). The first kappa shape index (κ1) is 18.8. The highest BCUT2D eigenvalue weighted by Crippen LogP contribution is 2.32. The molecule has 0 unspecified atom stereocenters. The lowest BCUT2D eigenvalue weighted by molar-refractivity contribution is -0.112. The molecule has 0 atom stereocenters. The predicted molar refractivity (Wildman–Crippen MR) is 108 cm³/mol. The zero-order valence-corrected chi connectivity index (χ0v) is 15.8. The van der Waals surface area contributed by atoms with Crippen molar-refractivity contribution in [1.29, 1.82) is 5.26 Å². The summed E-state index contributed by atoms with van der Waals surface area (Å²) in [5.74, 6) is 0.376. The number of hydrogen-bond donors (Lipinski definition) is 1. The Kier molecular flexibility index (Phi) is 5.66. The quantitative estimate of drug-likeness (QED) is 0.427. The number of nitriles is 1. The third kappa shape index (κ3) is 4.40. The summed E-state index contributed by atoms with van der Waals surface area (Å²) in [6, 6.07) is 17.7. The minimum atomic E-state index is -0.505. The van der Waals surface area contributed by atoms with Crippen LogP contribution >= 0.6 is 23.2 Å². The molecule has 1 aromatic heterocycles. The van der Waals surface area contributed by atoms with Crippen molar-refractivity contribution < 1.29 is 9.21 Å². The van der Waals surface area contributed by atoms with Crippen LogP contribution in [0.2, 0.25) is 10.0 Å². The molecule has 0 saturated heterocycles. The van der Waals surface area contributed by atoms with Crippen LogP contribution in [-0.2, 0) is 4.79 Å². The first-order valence-electron chi connectivity index (χ1n) is 8.02. The number of carbonyl (C=O) groups is 1. The molecule has 134 valence electrons. The second-order valence-electron chi connectivity index (χ2n) is 5.77. The van der Waals surface area contributed by atoms with E-state index in [4.69, 9.17) is 27.6 Å². The van der Waals surface area contributed by atoms with Gasteiger partial charge >= 0.3 is 0 Å². The van der Waals surface area contributed by atoms with Crippen molar-refractivity contribution in [2.45, 2.75) is 6.92 Å². The lowest BCUT2D eigenvalue weighted by Crippen LogP contribution is -2.14. The molecule has 6 heteroatoms. The van der Waals surface area contributed by atoms with Gasteiger partial charge in [0.2, 0.25) is 0 Å². The third-order valence-electron chi connectivity index (χ3n) is 3.87. The molecule has 27 heavy (non-hydrogen) atoms. The van der Waals surface area contributed by atoms with Gasteiger partial charge in [-0.25, -0.2) is 0 Å². The molecule has 0 radical (unpaired) electrons. The fraction of sp³-hybridized carbons (Fsp3) is 0.0476. The van der Waals surface area contributed by atoms with Crippen LogP contribution in [0.5, 0.6) is 0 Å². The highest BCUT2D eigenvalue weighted by Gasteiger charge is 2.13. The smallest absolute Gasteiger partial charge is 0.266 e. The van der Waals surface area contributed by atoms with Gasteiger partial charge in [0, 0.05) is 22.3 Å². The van der Waals surface area contributed by atoms with Gasteiger partial charge in [-0.2, -0.15) is 5.26 Å². The van der Waals surface area contributed by atoms with E-state index in [1.54, 1.807) is 36.4 Å². The van der Waals surface area contributed by atoms with Crippen molar-refractivity contribution in [3.63, 3.8) is 0 Å². The number of aryl methyl sites for hydroxylation is 1. The first-order chi connectivity index (χ1) is 13.0. The number of amides is 1. The Morgan fingerprint density at radius 1 is 1.15 bits per heavy atom. The van der Waals surface area contributed by atoms with Gasteiger partial charge in [-0.15, -0.1) is 0 Å². The summed E-state index contributed by atoms with van der Waals surface area (Å²) in [7, 11) is 0. The Balaban J connectivity index is 1.84. The van der Waals surface area contributed by atoms with E-state index >= 15 is 0 Å². The number of nitrogens with zero attached hydrogens (tertiary/aromatic N) is 1. The Hall–Kier alpha value is -3.00. The molecule has 0 aliphatic carbocycles. The molecule has 1 amide bonds. The maximum atomic E-state index is 12.4. The molecular formula is C21H14Cl2N2O2. The van der Waals surface area contributed by atoms with Gasteiger partial charge in [-0.3, -0.25) is 4.79 Å². The van der Waals surface area contributed by atoms with E-state index in [1.807, 2.05) is 31.2 Å². The van der Waals surface area contributed by atoms with Crippen LogP contribution in [-0.4, -0.2) is 5.91 Å². The lowest BCUT2D eigenvalue weighted by Gasteiger charge is -2.06. The summed E-state index contributed by atoms with van der Waals surface area (Å²) >= 11 is 12.1. The third-order valence-corrected chi connectivity index (χ3v) is 4.42. The van der Waals surface area contributed by atoms with E-state index < -0.39 is 5.91 Å². The van der Waals surface area contributed by atoms with Crippen LogP contribution in [0.1, 0.15) is 11.3 Å². The Morgan fingerprint density at radius 2 is 1.93 bits per heavy atom. The topological polar surface area (TPSA) is 66.0 Å². The van der Waals surface area contributed by atoms with Crippen LogP contribution in [0.3, 0.4) is 0 Å². The molecule has 1 N–H and O–H groups in total. The van der Waals surface area contributed by atoms with E-state index in [9.17, 15) is 10.1 Å². The molecule has 0 spiro atoms. The molecule has 0 fully saturated rings. The predicted octanol–water partition coefficient (Wildman–Crippen LogP) is 6.11. The summed E-state index contributed by atoms with van der Waals surface area (Å²) in [5.41, 5.74) is 2.16. The summed E-state index contributed by atoms with van der Waals surface area (Å²) in [4.78, 5) is 12.4. The van der Waals surface area contributed by atoms with Crippen molar-refractivity contribution in [1.82, 2.24) is 0 Å². The number of nitrogens with one attached hydrogen (secondary N) is 1. The fourth-order valence-electron chi connectivity index (χ4n) is 2.46. The van der Waals surface area contributed by atoms with Crippen LogP contribution in [0.25, 0.3) is 17.4 Å². The maximum Gasteiger partial charge on any atom is 0.266 e. The number of furan rings is 1. The van der Waals surface area contributed by atoms with E-state index in [0.717, 1.165) is 5.56 Å². The van der Waals surface area contributed by atoms with E-state index in [1.165, 1.54) is 6.08 Å². The Morgan fingerprint density at radius 3 is 2.63 bits per heavy atom. The normalized spacial score (nSPS) is 11.1. The molecule has 0 bridgehead atoms. The molecule has 3 aromatic rings. The summed E-state index contributed by atoms with van der Waals surface area (Å²) < 4.78 is 5.71. The van der Waals surface area contributed by atoms with E-state index in [-0.39, 0.29) is 5.57 Å². The van der Waals surface area contributed by atoms with Gasteiger partial charge in [0.1, 0.15) is 23.2 Å². The molecule has 4 nitrogen and oxygen atoms in total. The minimum absolute atomic E-state index is 0.0682. The first-order valence-corrected chi connectivity index (χ1v) is 8.77. The van der Waals surface area contributed by atoms with E-state index in [0.29, 0.717) is 32.8 Å². The summed E-state index contributed by atoms with van der Waals surface area (Å²) in [6.07, 6.45) is 1.39. The molecular weight excluding hydrogens is 383 g/mol. The average Bonchev–Trinajstić information content (AvgIpc) is 3.09. The largest absolute Gasteiger partial charge is 0.457 e. The zero-order chi connectivity index (χ0) is 19.4. The summed E-state index contributed by atoms with van der Waals surface area (Å²) in [5, 5.41) is 13.0. The minimum Gasteiger partial charge on any atom is -0.457 e. The second-order valence-corrected chi connectivity index (χ2v) is 6.61. The van der Waals surface area contributed by atoms with Gasteiger partial charge < -0.3 is 9.73 Å². The zero-order valence-electron chi connectivity index (χ0n) is 14.3. The van der Waals surface area contributed by atoms with Crippen LogP contribution in [0, 0.1) is 18.3 Å². The van der Waals surface area contributed by atoms with Gasteiger partial charge in [-0.05, 0) is 48.9 Å². The molecule has 0 saturated carbocycles. The summed E-state index contributed by atoms with van der Waals surface area (Å²) in [6.45, 7) is 1.88. The fourth-order valence-corrected chi connectivity index (χ4v) is 2.96. The van der Waals surface area contributed by atoms with Crippen LogP contribution in [0.15, 0.2) is 64.6 Å². The average molecular weight is 397 g/mol. The van der Waals surface area contributed by atoms with Crippen molar-refractivity contribution in [3.05, 3.63) is 81.5 Å². The molecule has 0 aliphatic rings.